The molecule has 1 aliphatic rings. The van der Waals surface area contributed by atoms with Gasteiger partial charge < -0.3 is 14.8 Å². The van der Waals surface area contributed by atoms with Gasteiger partial charge in [-0.15, -0.1) is 0 Å². The van der Waals surface area contributed by atoms with Crippen molar-refractivity contribution >= 4 is 16.7 Å². The molecule has 0 unspecified atom stereocenters. The zero-order chi connectivity index (χ0) is 17.2. The second kappa shape index (κ2) is 6.43. The molecule has 0 fully saturated rings. The van der Waals surface area contributed by atoms with E-state index in [9.17, 15) is 4.79 Å². The number of rotatable bonds is 4. The number of carbonyl (C=O) groups is 1. The van der Waals surface area contributed by atoms with Crippen LogP contribution in [-0.2, 0) is 11.3 Å². The Balaban J connectivity index is 1.44. The van der Waals surface area contributed by atoms with Crippen molar-refractivity contribution in [3.63, 3.8) is 0 Å². The maximum atomic E-state index is 12.5. The van der Waals surface area contributed by atoms with E-state index >= 15 is 0 Å². The SMILES string of the molecule is C[C@@H](C(=O)NCc1ccc2c(c1)OCO2)[n+]1ccc2ccccc2c1. The fraction of sp³-hybridized carbons (Fsp3) is 0.200. The number of aromatic nitrogens is 1. The van der Waals surface area contributed by atoms with E-state index < -0.39 is 0 Å². The van der Waals surface area contributed by atoms with E-state index in [0.29, 0.717) is 6.54 Å². The van der Waals surface area contributed by atoms with Crippen LogP contribution in [0, 0.1) is 0 Å². The minimum Gasteiger partial charge on any atom is -0.454 e. The number of benzene rings is 2. The lowest BCUT2D eigenvalue weighted by atomic mass is 10.1. The minimum atomic E-state index is -0.293. The Kier molecular flexibility index (Phi) is 3.98. The molecular weight excluding hydrogens is 316 g/mol. The van der Waals surface area contributed by atoms with Gasteiger partial charge >= 0.3 is 0 Å². The van der Waals surface area contributed by atoms with Gasteiger partial charge in [0.2, 0.25) is 12.8 Å². The fourth-order valence-corrected chi connectivity index (χ4v) is 2.91. The number of nitrogens with zero attached hydrogens (tertiary/aromatic N) is 1. The summed E-state index contributed by atoms with van der Waals surface area (Å²) in [5.74, 6) is 1.44. The lowest BCUT2D eigenvalue weighted by Gasteiger charge is -2.10. The molecule has 0 spiro atoms. The van der Waals surface area contributed by atoms with Crippen molar-refractivity contribution in [3.8, 4) is 11.5 Å². The Bertz CT molecular complexity index is 939. The number of pyridine rings is 1. The van der Waals surface area contributed by atoms with Crippen LogP contribution >= 0.6 is 0 Å². The number of ether oxygens (including phenoxy) is 2. The number of hydrogen-bond donors (Lipinski definition) is 1. The van der Waals surface area contributed by atoms with E-state index in [1.54, 1.807) is 0 Å². The summed E-state index contributed by atoms with van der Waals surface area (Å²) in [5.41, 5.74) is 0.980. The average Bonchev–Trinajstić information content (AvgIpc) is 3.13. The monoisotopic (exact) mass is 335 g/mol. The highest BCUT2D eigenvalue weighted by molar-refractivity contribution is 5.81. The number of hydrogen-bond acceptors (Lipinski definition) is 3. The van der Waals surface area contributed by atoms with Crippen LogP contribution < -0.4 is 19.4 Å². The van der Waals surface area contributed by atoms with Gasteiger partial charge in [-0.1, -0.05) is 24.3 Å². The standard InChI is InChI=1S/C20H18N2O3/c1-14(22-9-8-16-4-2-3-5-17(16)12-22)20(23)21-11-15-6-7-18-19(10-15)25-13-24-18/h2-10,12,14H,11,13H2,1H3/p+1/t14-/m0/s1. The summed E-state index contributed by atoms with van der Waals surface area (Å²) in [4.78, 5) is 12.5. The van der Waals surface area contributed by atoms with Crippen LogP contribution in [-0.4, -0.2) is 12.7 Å². The van der Waals surface area contributed by atoms with Crippen LogP contribution in [0.3, 0.4) is 0 Å². The molecule has 5 heteroatoms. The van der Waals surface area contributed by atoms with E-state index in [1.807, 2.05) is 66.3 Å². The predicted molar refractivity (Wildman–Crippen MR) is 93.3 cm³/mol. The first-order valence-electron chi connectivity index (χ1n) is 8.26. The van der Waals surface area contributed by atoms with Crippen LogP contribution in [0.1, 0.15) is 18.5 Å². The maximum absolute atomic E-state index is 12.5. The third kappa shape index (κ3) is 3.13. The molecule has 2 heterocycles. The van der Waals surface area contributed by atoms with Gasteiger partial charge in [0.25, 0.3) is 5.91 Å². The van der Waals surface area contributed by atoms with Gasteiger partial charge in [0.05, 0.1) is 0 Å². The molecule has 0 saturated heterocycles. The summed E-state index contributed by atoms with van der Waals surface area (Å²) in [5, 5.41) is 5.25. The van der Waals surface area contributed by atoms with Gasteiger partial charge in [0.1, 0.15) is 0 Å². The largest absolute Gasteiger partial charge is 0.454 e. The van der Waals surface area contributed by atoms with Crippen LogP contribution in [0.15, 0.2) is 60.9 Å². The lowest BCUT2D eigenvalue weighted by Crippen LogP contribution is -2.46. The highest BCUT2D eigenvalue weighted by Crippen LogP contribution is 2.32. The third-order valence-electron chi connectivity index (χ3n) is 4.44. The van der Waals surface area contributed by atoms with Crippen molar-refractivity contribution in [2.45, 2.75) is 19.5 Å². The molecule has 1 aromatic heterocycles. The second-order valence-corrected chi connectivity index (χ2v) is 6.10. The Labute approximate surface area is 145 Å². The summed E-state index contributed by atoms with van der Waals surface area (Å²) in [6.45, 7) is 2.60. The Morgan fingerprint density at radius 2 is 1.92 bits per heavy atom. The molecule has 1 N–H and O–H groups in total. The van der Waals surface area contributed by atoms with E-state index in [-0.39, 0.29) is 18.7 Å². The van der Waals surface area contributed by atoms with Crippen molar-refractivity contribution in [1.82, 2.24) is 5.32 Å². The molecule has 0 radical (unpaired) electrons. The molecule has 2 aromatic carbocycles. The zero-order valence-corrected chi connectivity index (χ0v) is 13.9. The normalized spacial score (nSPS) is 13.6. The molecule has 1 amide bonds. The van der Waals surface area contributed by atoms with E-state index in [1.165, 1.54) is 0 Å². The number of carbonyl (C=O) groups excluding carboxylic acids is 1. The fourth-order valence-electron chi connectivity index (χ4n) is 2.91. The quantitative estimate of drug-likeness (QED) is 0.746. The summed E-state index contributed by atoms with van der Waals surface area (Å²) < 4.78 is 12.6. The molecule has 3 aromatic rings. The van der Waals surface area contributed by atoms with Crippen molar-refractivity contribution in [2.75, 3.05) is 6.79 Å². The van der Waals surface area contributed by atoms with Gasteiger partial charge in [-0.25, -0.2) is 0 Å². The molecule has 25 heavy (non-hydrogen) atoms. The van der Waals surface area contributed by atoms with Crippen molar-refractivity contribution in [2.24, 2.45) is 0 Å². The molecule has 1 aliphatic heterocycles. The summed E-state index contributed by atoms with van der Waals surface area (Å²) >= 11 is 0. The number of nitrogens with one attached hydrogen (secondary N) is 1. The number of fused-ring (bicyclic) bond motifs is 2. The second-order valence-electron chi connectivity index (χ2n) is 6.10. The molecule has 5 nitrogen and oxygen atoms in total. The average molecular weight is 335 g/mol. The molecular formula is C20H19N2O3+. The lowest BCUT2D eigenvalue weighted by molar-refractivity contribution is -0.704. The van der Waals surface area contributed by atoms with Gasteiger partial charge in [-0.3, -0.25) is 4.79 Å². The summed E-state index contributed by atoms with van der Waals surface area (Å²) in [7, 11) is 0. The van der Waals surface area contributed by atoms with Crippen LogP contribution in [0.4, 0.5) is 0 Å². The molecule has 1 atom stereocenters. The minimum absolute atomic E-state index is 0.0297. The Morgan fingerprint density at radius 3 is 2.80 bits per heavy atom. The first kappa shape index (κ1) is 15.4. The van der Waals surface area contributed by atoms with Gasteiger partial charge in [0.15, 0.2) is 23.9 Å². The first-order chi connectivity index (χ1) is 12.2. The molecule has 4 rings (SSSR count). The summed E-state index contributed by atoms with van der Waals surface area (Å²) in [6, 6.07) is 15.5. The van der Waals surface area contributed by atoms with Crippen LogP contribution in [0.2, 0.25) is 0 Å². The van der Waals surface area contributed by atoms with Crippen molar-refractivity contribution < 1.29 is 18.8 Å². The predicted octanol–water partition coefficient (Wildman–Crippen LogP) is 2.73. The zero-order valence-electron chi connectivity index (χ0n) is 13.9. The van der Waals surface area contributed by atoms with Gasteiger partial charge in [-0.2, -0.15) is 4.57 Å². The molecule has 0 saturated carbocycles. The van der Waals surface area contributed by atoms with E-state index in [4.69, 9.17) is 9.47 Å². The highest BCUT2D eigenvalue weighted by Gasteiger charge is 2.22. The van der Waals surface area contributed by atoms with E-state index in [0.717, 1.165) is 27.8 Å². The van der Waals surface area contributed by atoms with Gasteiger partial charge in [0, 0.05) is 24.9 Å². The van der Waals surface area contributed by atoms with Crippen LogP contribution in [0.25, 0.3) is 10.8 Å². The van der Waals surface area contributed by atoms with Gasteiger partial charge in [-0.05, 0) is 29.1 Å². The topological polar surface area (TPSA) is 51.4 Å². The Hall–Kier alpha value is -3.08. The first-order valence-corrected chi connectivity index (χ1v) is 8.26. The molecule has 0 aliphatic carbocycles. The Morgan fingerprint density at radius 1 is 1.12 bits per heavy atom. The summed E-state index contributed by atoms with van der Waals surface area (Å²) in [6.07, 6.45) is 3.94. The smallest absolute Gasteiger partial charge is 0.289 e. The molecule has 126 valence electrons. The third-order valence-corrected chi connectivity index (χ3v) is 4.44. The van der Waals surface area contributed by atoms with Crippen LogP contribution in [0.5, 0.6) is 11.5 Å². The van der Waals surface area contributed by atoms with Crippen molar-refractivity contribution in [3.05, 3.63) is 66.5 Å². The number of amides is 1. The molecule has 0 bridgehead atoms. The van der Waals surface area contributed by atoms with Crippen molar-refractivity contribution in [1.29, 1.82) is 0 Å². The maximum Gasteiger partial charge on any atom is 0.289 e. The van der Waals surface area contributed by atoms with E-state index in [2.05, 4.69) is 11.4 Å². The highest BCUT2D eigenvalue weighted by atomic mass is 16.7.